The maximum Gasteiger partial charge on any atom is 0.232 e. The molecule has 0 saturated heterocycles. The van der Waals surface area contributed by atoms with E-state index in [0.29, 0.717) is 28.4 Å². The number of pyridine rings is 1. The van der Waals surface area contributed by atoms with Gasteiger partial charge in [-0.1, -0.05) is 30.7 Å². The summed E-state index contributed by atoms with van der Waals surface area (Å²) in [6, 6.07) is 15.3. The second-order valence-corrected chi connectivity index (χ2v) is 9.99. The number of rotatable bonds is 7. The third-order valence-corrected chi connectivity index (χ3v) is 6.88. The van der Waals surface area contributed by atoms with Gasteiger partial charge in [0.2, 0.25) is 10.0 Å². The van der Waals surface area contributed by atoms with E-state index in [0.717, 1.165) is 17.2 Å². The Kier molecular flexibility index (Phi) is 6.63. The highest BCUT2D eigenvalue weighted by Crippen LogP contribution is 2.27. The molecule has 0 aliphatic carbocycles. The fourth-order valence-electron chi connectivity index (χ4n) is 3.54. The Morgan fingerprint density at radius 2 is 1.74 bits per heavy atom. The molecule has 5 nitrogen and oxygen atoms in total. The minimum absolute atomic E-state index is 0.106. The Hall–Kier alpha value is -3.36. The molecular formula is C25H19ClF2N2O3S. The summed E-state index contributed by atoms with van der Waals surface area (Å²) in [5.41, 5.74) is 1.59. The van der Waals surface area contributed by atoms with Crippen LogP contribution in [0.5, 0.6) is 0 Å². The van der Waals surface area contributed by atoms with Gasteiger partial charge in [0.25, 0.3) is 0 Å². The zero-order valence-corrected chi connectivity index (χ0v) is 19.6. The van der Waals surface area contributed by atoms with Crippen LogP contribution >= 0.6 is 11.6 Å². The molecule has 4 rings (SSSR count). The molecule has 0 spiro atoms. The predicted octanol–water partition coefficient (Wildman–Crippen LogP) is 6.22. The maximum atomic E-state index is 14.5. The van der Waals surface area contributed by atoms with Crippen molar-refractivity contribution in [2.75, 3.05) is 10.5 Å². The van der Waals surface area contributed by atoms with Crippen LogP contribution in [0.25, 0.3) is 22.0 Å². The number of hydrogen-bond acceptors (Lipinski definition) is 4. The Morgan fingerprint density at radius 3 is 2.44 bits per heavy atom. The van der Waals surface area contributed by atoms with Crippen molar-refractivity contribution in [2.45, 2.75) is 13.3 Å². The molecule has 0 fully saturated rings. The van der Waals surface area contributed by atoms with Gasteiger partial charge >= 0.3 is 0 Å². The highest BCUT2D eigenvalue weighted by atomic mass is 35.5. The van der Waals surface area contributed by atoms with Crippen LogP contribution in [0.15, 0.2) is 66.9 Å². The van der Waals surface area contributed by atoms with Crippen LogP contribution in [-0.2, 0) is 10.0 Å². The molecule has 3 aromatic carbocycles. The maximum absolute atomic E-state index is 14.5. The van der Waals surface area contributed by atoms with Crippen LogP contribution < -0.4 is 4.72 Å². The van der Waals surface area contributed by atoms with E-state index in [1.54, 1.807) is 31.3 Å². The Labute approximate surface area is 200 Å². The lowest BCUT2D eigenvalue weighted by molar-refractivity contribution is 0.103. The van der Waals surface area contributed by atoms with E-state index in [2.05, 4.69) is 9.71 Å². The van der Waals surface area contributed by atoms with Crippen molar-refractivity contribution in [2.24, 2.45) is 0 Å². The summed E-state index contributed by atoms with van der Waals surface area (Å²) in [6.45, 7) is 1.67. The number of halogens is 3. The number of ketones is 1. The molecule has 1 heterocycles. The van der Waals surface area contributed by atoms with Crippen molar-refractivity contribution in [1.29, 1.82) is 0 Å². The summed E-state index contributed by atoms with van der Waals surface area (Å²) < 4.78 is 55.0. The van der Waals surface area contributed by atoms with E-state index in [9.17, 15) is 22.0 Å². The minimum atomic E-state index is -3.75. The van der Waals surface area contributed by atoms with Crippen LogP contribution in [0.4, 0.5) is 14.5 Å². The normalized spacial score (nSPS) is 11.5. The van der Waals surface area contributed by atoms with Gasteiger partial charge in [0.15, 0.2) is 17.4 Å². The van der Waals surface area contributed by atoms with Crippen LogP contribution in [0, 0.1) is 11.6 Å². The van der Waals surface area contributed by atoms with Crippen molar-refractivity contribution >= 4 is 44.0 Å². The summed E-state index contributed by atoms with van der Waals surface area (Å²) in [7, 11) is -3.75. The first-order valence-electron chi connectivity index (χ1n) is 10.4. The summed E-state index contributed by atoms with van der Waals surface area (Å²) in [4.78, 5) is 17.5. The van der Waals surface area contributed by atoms with Crippen LogP contribution in [-0.4, -0.2) is 24.9 Å². The lowest BCUT2D eigenvalue weighted by Crippen LogP contribution is -2.17. The largest absolute Gasteiger partial charge is 0.288 e. The molecule has 0 unspecified atom stereocenters. The first kappa shape index (κ1) is 23.8. The van der Waals surface area contributed by atoms with Gasteiger partial charge in [-0.15, -0.1) is 0 Å². The number of hydrogen-bond donors (Lipinski definition) is 1. The van der Waals surface area contributed by atoms with E-state index < -0.39 is 33.0 Å². The monoisotopic (exact) mass is 500 g/mol. The number of anilines is 1. The van der Waals surface area contributed by atoms with Crippen LogP contribution in [0.2, 0.25) is 5.02 Å². The molecule has 0 atom stereocenters. The number of sulfonamides is 1. The van der Waals surface area contributed by atoms with E-state index in [4.69, 9.17) is 11.6 Å². The topological polar surface area (TPSA) is 76.1 Å². The predicted molar refractivity (Wildman–Crippen MR) is 130 cm³/mol. The van der Waals surface area contributed by atoms with E-state index in [1.165, 1.54) is 12.1 Å². The standard InChI is InChI=1S/C25H19ClF2N2O3S/c1-2-9-34(32,33)30-20-12-21(24(28)22(27)13-20)25(31)16-5-8-23-17(10-16)11-18(14-29-23)15-3-6-19(26)7-4-15/h3-8,10-14,30H,2,9H2,1H3. The van der Waals surface area contributed by atoms with Crippen molar-refractivity contribution in [3.05, 3.63) is 94.6 Å². The molecule has 9 heteroatoms. The highest BCUT2D eigenvalue weighted by molar-refractivity contribution is 7.92. The third-order valence-electron chi connectivity index (χ3n) is 5.14. The van der Waals surface area contributed by atoms with Gasteiger partial charge in [0, 0.05) is 33.8 Å². The van der Waals surface area contributed by atoms with Gasteiger partial charge in [0.05, 0.1) is 22.5 Å². The number of carbonyl (C=O) groups is 1. The van der Waals surface area contributed by atoms with E-state index in [1.807, 2.05) is 18.2 Å². The molecule has 0 amide bonds. The van der Waals surface area contributed by atoms with Crippen molar-refractivity contribution in [1.82, 2.24) is 4.98 Å². The fourth-order valence-corrected chi connectivity index (χ4v) is 4.78. The zero-order chi connectivity index (χ0) is 24.5. The van der Waals surface area contributed by atoms with E-state index >= 15 is 0 Å². The van der Waals surface area contributed by atoms with Gasteiger partial charge in [0.1, 0.15) is 0 Å². The van der Waals surface area contributed by atoms with Crippen molar-refractivity contribution in [3.8, 4) is 11.1 Å². The van der Waals surface area contributed by atoms with Gasteiger partial charge in [-0.25, -0.2) is 17.2 Å². The molecule has 34 heavy (non-hydrogen) atoms. The molecule has 1 N–H and O–H groups in total. The summed E-state index contributed by atoms with van der Waals surface area (Å²) >= 11 is 5.95. The number of nitrogens with zero attached hydrogens (tertiary/aromatic N) is 1. The molecule has 0 aliphatic rings. The average molecular weight is 501 g/mol. The number of fused-ring (bicyclic) bond motifs is 1. The Morgan fingerprint density at radius 1 is 1.00 bits per heavy atom. The number of benzene rings is 3. The van der Waals surface area contributed by atoms with Gasteiger partial charge in [-0.2, -0.15) is 0 Å². The van der Waals surface area contributed by atoms with Crippen molar-refractivity contribution in [3.63, 3.8) is 0 Å². The highest BCUT2D eigenvalue weighted by Gasteiger charge is 2.21. The Balaban J connectivity index is 1.72. The molecule has 0 aliphatic heterocycles. The van der Waals surface area contributed by atoms with Crippen LogP contribution in [0.3, 0.4) is 0 Å². The molecule has 1 aromatic heterocycles. The Bertz CT molecular complexity index is 1510. The fraction of sp³-hybridized carbons (Fsp3) is 0.120. The summed E-state index contributed by atoms with van der Waals surface area (Å²) in [6.07, 6.45) is 2.03. The summed E-state index contributed by atoms with van der Waals surface area (Å²) in [5.74, 6) is -3.65. The second kappa shape index (κ2) is 9.48. The summed E-state index contributed by atoms with van der Waals surface area (Å²) in [5, 5.41) is 1.22. The average Bonchev–Trinajstić information content (AvgIpc) is 2.80. The zero-order valence-electron chi connectivity index (χ0n) is 18.0. The molecule has 0 radical (unpaired) electrons. The van der Waals surface area contributed by atoms with Crippen molar-refractivity contribution < 1.29 is 22.0 Å². The molecule has 4 aromatic rings. The van der Waals surface area contributed by atoms with Gasteiger partial charge in [-0.3, -0.25) is 14.5 Å². The first-order chi connectivity index (χ1) is 16.2. The third kappa shape index (κ3) is 5.08. The lowest BCUT2D eigenvalue weighted by Gasteiger charge is -2.11. The molecule has 0 bridgehead atoms. The number of aromatic nitrogens is 1. The molecule has 0 saturated carbocycles. The number of carbonyl (C=O) groups excluding carboxylic acids is 1. The van der Waals surface area contributed by atoms with E-state index in [-0.39, 0.29) is 17.0 Å². The molecular weight excluding hydrogens is 482 g/mol. The first-order valence-corrected chi connectivity index (χ1v) is 12.4. The van der Waals surface area contributed by atoms with Gasteiger partial charge < -0.3 is 0 Å². The lowest BCUT2D eigenvalue weighted by atomic mass is 9.99. The minimum Gasteiger partial charge on any atom is -0.288 e. The van der Waals surface area contributed by atoms with Gasteiger partial charge in [-0.05, 0) is 54.4 Å². The molecule has 174 valence electrons. The quantitative estimate of drug-likeness (QED) is 0.306. The number of nitrogens with one attached hydrogen (secondary N) is 1. The second-order valence-electron chi connectivity index (χ2n) is 7.71. The smallest absolute Gasteiger partial charge is 0.232 e. The van der Waals surface area contributed by atoms with Crippen LogP contribution in [0.1, 0.15) is 29.3 Å². The SMILES string of the molecule is CCCS(=O)(=O)Nc1cc(F)c(F)c(C(=O)c2ccc3ncc(-c4ccc(Cl)cc4)cc3c2)c1.